The Bertz CT molecular complexity index is 1540. The Kier molecular flexibility index (Phi) is 7.13. The summed E-state index contributed by atoms with van der Waals surface area (Å²) >= 11 is 0. The van der Waals surface area contributed by atoms with Gasteiger partial charge in [0.05, 0.1) is 35.3 Å². The fourth-order valence-electron chi connectivity index (χ4n) is 4.57. The standard InChI is InChI=1S/C30H32N8O/c1-21-8-9-22(29(39)33-25-7-5-6-24(16-25)30(2,3)20-31)15-28(21)38-19-27(34-35-38)23-14-26(18-32-17-23)37-12-10-36(4)11-13-37/h5-9,14-19H,10-13H2,1-4H3,(H,33,39). The normalized spacial score (nSPS) is 14.2. The van der Waals surface area contributed by atoms with Crippen LogP contribution in [0, 0.1) is 18.3 Å². The predicted octanol–water partition coefficient (Wildman–Crippen LogP) is 4.44. The average molecular weight is 521 g/mol. The van der Waals surface area contributed by atoms with E-state index in [0.717, 1.165) is 54.2 Å². The lowest BCUT2D eigenvalue weighted by atomic mass is 9.86. The number of nitrogens with one attached hydrogen (secondary N) is 1. The number of amides is 1. The second-order valence-electron chi connectivity index (χ2n) is 10.5. The zero-order valence-electron chi connectivity index (χ0n) is 22.7. The summed E-state index contributed by atoms with van der Waals surface area (Å²) in [5.41, 5.74) is 5.74. The fourth-order valence-corrected chi connectivity index (χ4v) is 4.57. The molecule has 0 radical (unpaired) electrons. The molecule has 9 nitrogen and oxygen atoms in total. The first kappa shape index (κ1) is 26.1. The van der Waals surface area contributed by atoms with Crippen LogP contribution < -0.4 is 10.2 Å². The highest BCUT2D eigenvalue weighted by Crippen LogP contribution is 2.26. The molecule has 2 aromatic carbocycles. The number of piperazine rings is 1. The molecule has 0 unspecified atom stereocenters. The van der Waals surface area contributed by atoms with Crippen LogP contribution in [0.1, 0.15) is 35.3 Å². The van der Waals surface area contributed by atoms with Crippen molar-refractivity contribution in [1.82, 2.24) is 24.9 Å². The van der Waals surface area contributed by atoms with Crippen LogP contribution >= 0.6 is 0 Å². The van der Waals surface area contributed by atoms with Gasteiger partial charge in [0, 0.05) is 49.2 Å². The van der Waals surface area contributed by atoms with Gasteiger partial charge >= 0.3 is 0 Å². The van der Waals surface area contributed by atoms with Crippen molar-refractivity contribution < 1.29 is 4.79 Å². The van der Waals surface area contributed by atoms with E-state index in [2.05, 4.69) is 49.6 Å². The van der Waals surface area contributed by atoms with Gasteiger partial charge in [0.2, 0.25) is 0 Å². The van der Waals surface area contributed by atoms with Crippen LogP contribution in [-0.2, 0) is 5.41 Å². The van der Waals surface area contributed by atoms with Crippen LogP contribution in [0.5, 0.6) is 0 Å². The number of rotatable bonds is 6. The maximum absolute atomic E-state index is 13.1. The van der Waals surface area contributed by atoms with Crippen molar-refractivity contribution >= 4 is 17.3 Å². The summed E-state index contributed by atoms with van der Waals surface area (Å²) in [6.45, 7) is 9.64. The molecule has 1 aliphatic heterocycles. The summed E-state index contributed by atoms with van der Waals surface area (Å²) in [5, 5.41) is 21.2. The Labute approximate surface area is 228 Å². The maximum Gasteiger partial charge on any atom is 0.255 e. The molecular formula is C30H32N8O. The number of hydrogen-bond donors (Lipinski definition) is 1. The molecule has 1 N–H and O–H groups in total. The molecule has 1 amide bonds. The number of likely N-dealkylation sites (N-methyl/N-ethyl adjacent to an activating group) is 1. The monoisotopic (exact) mass is 520 g/mol. The molecule has 3 heterocycles. The Balaban J connectivity index is 1.36. The number of carbonyl (C=O) groups excluding carboxylic acids is 1. The SMILES string of the molecule is Cc1ccc(C(=O)Nc2cccc(C(C)(C)C#N)c2)cc1-n1cc(-c2cncc(N3CCN(C)CC3)c2)nn1. The van der Waals surface area contributed by atoms with Crippen molar-refractivity contribution in [3.05, 3.63) is 83.8 Å². The molecule has 2 aromatic heterocycles. The van der Waals surface area contributed by atoms with Gasteiger partial charge in [0.1, 0.15) is 5.69 Å². The molecule has 0 spiro atoms. The average Bonchev–Trinajstić information content (AvgIpc) is 3.44. The Morgan fingerprint density at radius 2 is 1.85 bits per heavy atom. The summed E-state index contributed by atoms with van der Waals surface area (Å²) in [7, 11) is 2.14. The number of nitriles is 1. The molecular weight excluding hydrogens is 488 g/mol. The topological polar surface area (TPSA) is 103 Å². The van der Waals surface area contributed by atoms with Crippen molar-refractivity contribution in [1.29, 1.82) is 5.26 Å². The van der Waals surface area contributed by atoms with E-state index in [-0.39, 0.29) is 5.91 Å². The van der Waals surface area contributed by atoms with E-state index in [1.165, 1.54) is 0 Å². The van der Waals surface area contributed by atoms with Crippen molar-refractivity contribution in [2.24, 2.45) is 0 Å². The van der Waals surface area contributed by atoms with E-state index < -0.39 is 5.41 Å². The third-order valence-corrected chi connectivity index (χ3v) is 7.22. The molecule has 0 saturated carbocycles. The zero-order chi connectivity index (χ0) is 27.6. The summed E-state index contributed by atoms with van der Waals surface area (Å²) in [4.78, 5) is 22.3. The van der Waals surface area contributed by atoms with E-state index >= 15 is 0 Å². The van der Waals surface area contributed by atoms with Gasteiger partial charge in [-0.1, -0.05) is 23.4 Å². The van der Waals surface area contributed by atoms with Crippen molar-refractivity contribution in [2.45, 2.75) is 26.2 Å². The molecule has 4 aromatic rings. The van der Waals surface area contributed by atoms with Crippen molar-refractivity contribution in [2.75, 3.05) is 43.4 Å². The lowest BCUT2D eigenvalue weighted by molar-refractivity contribution is 0.102. The third kappa shape index (κ3) is 5.66. The second kappa shape index (κ2) is 10.7. The first-order valence-corrected chi connectivity index (χ1v) is 13.0. The fraction of sp³-hybridized carbons (Fsp3) is 0.300. The van der Waals surface area contributed by atoms with Crippen LogP contribution in [-0.4, -0.2) is 64.0 Å². The van der Waals surface area contributed by atoms with E-state index in [0.29, 0.717) is 16.9 Å². The molecule has 1 saturated heterocycles. The van der Waals surface area contributed by atoms with E-state index in [9.17, 15) is 10.1 Å². The molecule has 9 heteroatoms. The largest absolute Gasteiger partial charge is 0.368 e. The molecule has 39 heavy (non-hydrogen) atoms. The Morgan fingerprint density at radius 3 is 2.62 bits per heavy atom. The molecule has 0 bridgehead atoms. The van der Waals surface area contributed by atoms with Crippen LogP contribution in [0.4, 0.5) is 11.4 Å². The van der Waals surface area contributed by atoms with Gasteiger partial charge in [-0.2, -0.15) is 5.26 Å². The van der Waals surface area contributed by atoms with Gasteiger partial charge in [-0.05, 0) is 69.3 Å². The zero-order valence-corrected chi connectivity index (χ0v) is 22.7. The molecule has 0 aliphatic carbocycles. The molecule has 5 rings (SSSR count). The maximum atomic E-state index is 13.1. The van der Waals surface area contributed by atoms with Gasteiger partial charge in [-0.15, -0.1) is 5.10 Å². The lowest BCUT2D eigenvalue weighted by Crippen LogP contribution is -2.44. The smallest absolute Gasteiger partial charge is 0.255 e. The van der Waals surface area contributed by atoms with Crippen LogP contribution in [0.3, 0.4) is 0 Å². The van der Waals surface area contributed by atoms with Gasteiger partial charge < -0.3 is 15.1 Å². The van der Waals surface area contributed by atoms with Crippen LogP contribution in [0.2, 0.25) is 0 Å². The minimum Gasteiger partial charge on any atom is -0.368 e. The number of anilines is 2. The number of hydrogen-bond acceptors (Lipinski definition) is 7. The predicted molar refractivity (Wildman–Crippen MR) is 152 cm³/mol. The summed E-state index contributed by atoms with van der Waals surface area (Å²) in [6.07, 6.45) is 5.55. The second-order valence-corrected chi connectivity index (χ2v) is 10.5. The Morgan fingerprint density at radius 1 is 1.05 bits per heavy atom. The highest BCUT2D eigenvalue weighted by molar-refractivity contribution is 6.04. The molecule has 198 valence electrons. The molecule has 0 atom stereocenters. The van der Waals surface area contributed by atoms with Gasteiger partial charge in [-0.25, -0.2) is 4.68 Å². The van der Waals surface area contributed by atoms with E-state index in [4.69, 9.17) is 0 Å². The first-order chi connectivity index (χ1) is 18.7. The number of benzene rings is 2. The third-order valence-electron chi connectivity index (χ3n) is 7.22. The van der Waals surface area contributed by atoms with Gasteiger partial charge in [0.25, 0.3) is 5.91 Å². The van der Waals surface area contributed by atoms with Crippen LogP contribution in [0.25, 0.3) is 16.9 Å². The number of pyridine rings is 1. The van der Waals surface area contributed by atoms with Crippen molar-refractivity contribution in [3.8, 4) is 23.0 Å². The minimum atomic E-state index is -0.651. The summed E-state index contributed by atoms with van der Waals surface area (Å²) in [6, 6.07) is 17.3. The number of aryl methyl sites for hydroxylation is 1. The highest BCUT2D eigenvalue weighted by atomic mass is 16.1. The minimum absolute atomic E-state index is 0.243. The number of carbonyl (C=O) groups is 1. The number of nitrogens with zero attached hydrogens (tertiary/aromatic N) is 7. The molecule has 1 fully saturated rings. The highest BCUT2D eigenvalue weighted by Gasteiger charge is 2.20. The van der Waals surface area contributed by atoms with E-state index in [1.807, 2.05) is 69.6 Å². The Hall–Kier alpha value is -4.55. The van der Waals surface area contributed by atoms with Gasteiger partial charge in [0.15, 0.2) is 0 Å². The molecule has 1 aliphatic rings. The summed E-state index contributed by atoms with van der Waals surface area (Å²) in [5.74, 6) is -0.243. The lowest BCUT2D eigenvalue weighted by Gasteiger charge is -2.33. The van der Waals surface area contributed by atoms with Crippen LogP contribution in [0.15, 0.2) is 67.1 Å². The number of aromatic nitrogens is 4. The quantitative estimate of drug-likeness (QED) is 0.401. The first-order valence-electron chi connectivity index (χ1n) is 13.0. The van der Waals surface area contributed by atoms with Crippen molar-refractivity contribution in [3.63, 3.8) is 0 Å². The van der Waals surface area contributed by atoms with E-state index in [1.54, 1.807) is 16.9 Å². The van der Waals surface area contributed by atoms with Gasteiger partial charge in [-0.3, -0.25) is 9.78 Å². The summed E-state index contributed by atoms with van der Waals surface area (Å²) < 4.78 is 1.69.